The van der Waals surface area contributed by atoms with Gasteiger partial charge in [0.05, 0.1) is 11.1 Å². The molecular formula is C16H14BrF3O4. The number of phenolic OH excluding ortho intramolecular Hbond substituents is 1. The molecule has 1 aliphatic rings. The molecule has 0 aliphatic heterocycles. The highest BCUT2D eigenvalue weighted by Crippen LogP contribution is 2.39. The molecule has 8 heteroatoms. The quantitative estimate of drug-likeness (QED) is 0.761. The molecule has 0 heterocycles. The molecule has 24 heavy (non-hydrogen) atoms. The summed E-state index contributed by atoms with van der Waals surface area (Å²) >= 11 is 3.16. The lowest BCUT2D eigenvalue weighted by Crippen LogP contribution is -2.24. The first-order valence-corrected chi connectivity index (χ1v) is 7.84. The molecule has 0 fully saturated rings. The van der Waals surface area contributed by atoms with Gasteiger partial charge in [-0.2, -0.15) is 13.2 Å². The Kier molecular flexibility index (Phi) is 5.27. The van der Waals surface area contributed by atoms with E-state index in [1.165, 1.54) is 18.2 Å². The molecule has 0 unspecified atom stereocenters. The monoisotopic (exact) mass is 406 g/mol. The zero-order chi connectivity index (χ0) is 18.1. The molecular weight excluding hydrogens is 393 g/mol. The molecule has 1 aliphatic carbocycles. The van der Waals surface area contributed by atoms with E-state index in [4.69, 9.17) is 4.74 Å². The van der Waals surface area contributed by atoms with E-state index in [1.54, 1.807) is 6.92 Å². The van der Waals surface area contributed by atoms with Crippen LogP contribution >= 0.6 is 15.9 Å². The number of ketones is 1. The molecule has 0 bridgehead atoms. The van der Waals surface area contributed by atoms with Gasteiger partial charge in [-0.3, -0.25) is 4.79 Å². The van der Waals surface area contributed by atoms with Crippen LogP contribution in [0, 0.1) is 0 Å². The summed E-state index contributed by atoms with van der Waals surface area (Å²) in [7, 11) is 0. The predicted molar refractivity (Wildman–Crippen MR) is 84.9 cm³/mol. The van der Waals surface area contributed by atoms with Crippen molar-refractivity contribution in [1.82, 2.24) is 0 Å². The van der Waals surface area contributed by atoms with Crippen LogP contribution < -0.4 is 4.74 Å². The Bertz CT molecular complexity index is 736. The lowest BCUT2D eigenvalue weighted by Gasteiger charge is -2.09. The Morgan fingerprint density at radius 2 is 2.00 bits per heavy atom. The van der Waals surface area contributed by atoms with Gasteiger partial charge in [0.25, 0.3) is 5.78 Å². The molecule has 0 atom stereocenters. The molecule has 4 nitrogen and oxygen atoms in total. The summed E-state index contributed by atoms with van der Waals surface area (Å²) in [5.41, 5.74) is 0.102. The van der Waals surface area contributed by atoms with Gasteiger partial charge in [0.15, 0.2) is 11.5 Å². The average molecular weight is 407 g/mol. The predicted octanol–water partition coefficient (Wildman–Crippen LogP) is 4.67. The smallest absolute Gasteiger partial charge is 0.454 e. The van der Waals surface area contributed by atoms with E-state index < -0.39 is 23.3 Å². The van der Waals surface area contributed by atoms with Crippen LogP contribution in [0.5, 0.6) is 11.5 Å². The standard InChI is InChI=1S/C16H14BrF3O4/c1-2-24-12-7-8(6-11(17)14(12)22)5-9-3-4-10(13(9)21)15(23)16(18,19)20/h5-7,21-22H,2-4H2,1H3/b9-5+. The summed E-state index contributed by atoms with van der Waals surface area (Å²) in [5.74, 6) is -2.56. The van der Waals surface area contributed by atoms with Gasteiger partial charge >= 0.3 is 6.18 Å². The molecule has 0 spiro atoms. The van der Waals surface area contributed by atoms with Crippen molar-refractivity contribution in [2.24, 2.45) is 0 Å². The fraction of sp³-hybridized carbons (Fsp3) is 0.312. The third-order valence-corrected chi connectivity index (χ3v) is 4.06. The maximum absolute atomic E-state index is 12.5. The Labute approximate surface area is 144 Å². The SMILES string of the molecule is CCOc1cc(/C=C2\CCC(C(=O)C(F)(F)F)=C2O)cc(Br)c1O. The maximum atomic E-state index is 12.5. The number of aliphatic hydroxyl groups excluding tert-OH is 1. The molecule has 130 valence electrons. The number of alkyl halides is 3. The summed E-state index contributed by atoms with van der Waals surface area (Å²) < 4.78 is 43.1. The van der Waals surface area contributed by atoms with E-state index in [9.17, 15) is 28.2 Å². The molecule has 2 rings (SSSR count). The zero-order valence-corrected chi connectivity index (χ0v) is 14.2. The first-order valence-electron chi connectivity index (χ1n) is 7.05. The minimum atomic E-state index is -5.01. The van der Waals surface area contributed by atoms with E-state index in [-0.39, 0.29) is 29.9 Å². The molecule has 1 aromatic rings. The van der Waals surface area contributed by atoms with Gasteiger partial charge in [0.2, 0.25) is 0 Å². The Balaban J connectivity index is 2.39. The number of halogens is 4. The lowest BCUT2D eigenvalue weighted by atomic mass is 10.1. The number of aliphatic hydroxyl groups is 1. The van der Waals surface area contributed by atoms with E-state index in [2.05, 4.69) is 15.9 Å². The fourth-order valence-corrected chi connectivity index (χ4v) is 2.83. The second-order valence-corrected chi connectivity index (χ2v) is 5.96. The number of carbonyl (C=O) groups is 1. The van der Waals surface area contributed by atoms with E-state index in [1.807, 2.05) is 0 Å². The summed E-state index contributed by atoms with van der Waals surface area (Å²) in [4.78, 5) is 11.3. The van der Waals surface area contributed by atoms with Gasteiger partial charge < -0.3 is 14.9 Å². The number of Topliss-reactive ketones (excluding diaryl/α,β-unsaturated/α-hetero) is 1. The molecule has 1 aromatic carbocycles. The van der Waals surface area contributed by atoms with Crippen molar-refractivity contribution >= 4 is 27.8 Å². The third-order valence-electron chi connectivity index (χ3n) is 3.46. The van der Waals surface area contributed by atoms with Crippen LogP contribution in [0.25, 0.3) is 6.08 Å². The van der Waals surface area contributed by atoms with E-state index in [0.717, 1.165) is 0 Å². The van der Waals surface area contributed by atoms with Crippen molar-refractivity contribution in [2.75, 3.05) is 6.61 Å². The summed E-state index contributed by atoms with van der Waals surface area (Å²) in [5, 5.41) is 19.8. The highest BCUT2D eigenvalue weighted by atomic mass is 79.9. The second kappa shape index (κ2) is 6.88. The van der Waals surface area contributed by atoms with Crippen molar-refractivity contribution in [3.63, 3.8) is 0 Å². The number of hydrogen-bond donors (Lipinski definition) is 2. The van der Waals surface area contributed by atoms with Crippen molar-refractivity contribution in [3.05, 3.63) is 39.1 Å². The summed E-state index contributed by atoms with van der Waals surface area (Å²) in [6, 6.07) is 3.02. The Morgan fingerprint density at radius 1 is 1.33 bits per heavy atom. The number of aromatic hydroxyl groups is 1. The average Bonchev–Trinajstić information content (AvgIpc) is 2.84. The molecule has 0 aromatic heterocycles. The second-order valence-electron chi connectivity index (χ2n) is 5.11. The Morgan fingerprint density at radius 3 is 2.58 bits per heavy atom. The number of carbonyl (C=O) groups excluding carboxylic acids is 1. The number of rotatable bonds is 4. The van der Waals surface area contributed by atoms with Crippen molar-refractivity contribution < 1.29 is 32.9 Å². The largest absolute Gasteiger partial charge is 0.507 e. The van der Waals surface area contributed by atoms with Crippen LogP contribution in [-0.4, -0.2) is 28.8 Å². The summed E-state index contributed by atoms with van der Waals surface area (Å²) in [6.45, 7) is 2.05. The lowest BCUT2D eigenvalue weighted by molar-refractivity contribution is -0.166. The highest BCUT2D eigenvalue weighted by molar-refractivity contribution is 9.10. The molecule has 0 amide bonds. The van der Waals surface area contributed by atoms with Crippen molar-refractivity contribution in [3.8, 4) is 11.5 Å². The van der Waals surface area contributed by atoms with Crippen molar-refractivity contribution in [1.29, 1.82) is 0 Å². The van der Waals surface area contributed by atoms with E-state index in [0.29, 0.717) is 16.6 Å². The summed E-state index contributed by atoms with van der Waals surface area (Å²) in [6.07, 6.45) is -3.61. The van der Waals surface area contributed by atoms with Crippen LogP contribution in [0.15, 0.2) is 33.5 Å². The number of ether oxygens (including phenoxy) is 1. The van der Waals surface area contributed by atoms with Gasteiger partial charge in [-0.05, 0) is 65.0 Å². The van der Waals surface area contributed by atoms with Crippen LogP contribution in [0.3, 0.4) is 0 Å². The number of phenols is 1. The minimum absolute atomic E-state index is 0.0990. The van der Waals surface area contributed by atoms with Gasteiger partial charge in [-0.25, -0.2) is 0 Å². The topological polar surface area (TPSA) is 66.8 Å². The number of hydrogen-bond acceptors (Lipinski definition) is 4. The van der Waals surface area contributed by atoms with Gasteiger partial charge in [0.1, 0.15) is 5.76 Å². The first kappa shape index (κ1) is 18.4. The minimum Gasteiger partial charge on any atom is -0.507 e. The molecule has 0 radical (unpaired) electrons. The molecule has 2 N–H and O–H groups in total. The van der Waals surface area contributed by atoms with Gasteiger partial charge in [-0.1, -0.05) is 0 Å². The number of allylic oxidation sites excluding steroid dienone is 2. The van der Waals surface area contributed by atoms with Crippen LogP contribution in [0.4, 0.5) is 13.2 Å². The molecule has 0 saturated heterocycles. The highest BCUT2D eigenvalue weighted by Gasteiger charge is 2.43. The van der Waals surface area contributed by atoms with Gasteiger partial charge in [0, 0.05) is 5.57 Å². The maximum Gasteiger partial charge on any atom is 0.454 e. The van der Waals surface area contributed by atoms with Crippen LogP contribution in [0.1, 0.15) is 25.3 Å². The normalized spacial score (nSPS) is 16.8. The fourth-order valence-electron chi connectivity index (χ4n) is 2.37. The number of benzene rings is 1. The molecule has 0 saturated carbocycles. The van der Waals surface area contributed by atoms with Gasteiger partial charge in [-0.15, -0.1) is 0 Å². The van der Waals surface area contributed by atoms with Crippen LogP contribution in [-0.2, 0) is 4.79 Å². The Hall–Kier alpha value is -1.96. The third kappa shape index (κ3) is 3.75. The van der Waals surface area contributed by atoms with Crippen LogP contribution in [0.2, 0.25) is 0 Å². The first-order chi connectivity index (χ1) is 11.1. The zero-order valence-electron chi connectivity index (χ0n) is 12.6. The van der Waals surface area contributed by atoms with Crippen molar-refractivity contribution in [2.45, 2.75) is 25.9 Å². The van der Waals surface area contributed by atoms with E-state index >= 15 is 0 Å².